The lowest BCUT2D eigenvalue weighted by molar-refractivity contribution is 0.208. The summed E-state index contributed by atoms with van der Waals surface area (Å²) in [5, 5.41) is 3.67. The van der Waals surface area contributed by atoms with Crippen LogP contribution in [-0.4, -0.2) is 35.1 Å². The molecular weight excluding hydrogens is 290 g/mol. The molecule has 3 nitrogen and oxygen atoms in total. The van der Waals surface area contributed by atoms with Crippen molar-refractivity contribution in [3.8, 4) is 0 Å². The van der Waals surface area contributed by atoms with Crippen molar-refractivity contribution in [1.82, 2.24) is 15.2 Å². The minimum atomic E-state index is 0.246. The Balaban J connectivity index is 2.03. The summed E-state index contributed by atoms with van der Waals surface area (Å²) in [4.78, 5) is 6.78. The first-order valence-corrected chi connectivity index (χ1v) is 7.47. The first-order valence-electron chi connectivity index (χ1n) is 6.68. The Kier molecular flexibility index (Phi) is 4.76. The number of halogens is 1. The van der Waals surface area contributed by atoms with Gasteiger partial charge in [-0.15, -0.1) is 0 Å². The SMILES string of the molecule is CCC1(C)CN(Cc2cncc(Br)c2)CCCN1. The van der Waals surface area contributed by atoms with Crippen molar-refractivity contribution in [3.05, 3.63) is 28.5 Å². The molecule has 0 amide bonds. The molecule has 0 aliphatic carbocycles. The van der Waals surface area contributed by atoms with Gasteiger partial charge in [0.05, 0.1) is 0 Å². The number of nitrogens with zero attached hydrogens (tertiary/aromatic N) is 2. The van der Waals surface area contributed by atoms with Gasteiger partial charge in [-0.05, 0) is 60.4 Å². The first kappa shape index (κ1) is 14.0. The van der Waals surface area contributed by atoms with E-state index in [4.69, 9.17) is 0 Å². The summed E-state index contributed by atoms with van der Waals surface area (Å²) in [7, 11) is 0. The molecule has 18 heavy (non-hydrogen) atoms. The van der Waals surface area contributed by atoms with Crippen LogP contribution in [0.25, 0.3) is 0 Å². The van der Waals surface area contributed by atoms with E-state index in [-0.39, 0.29) is 5.54 Å². The molecule has 100 valence electrons. The molecule has 0 saturated carbocycles. The van der Waals surface area contributed by atoms with E-state index in [0.29, 0.717) is 0 Å². The molecule has 1 N–H and O–H groups in total. The Hall–Kier alpha value is -0.450. The zero-order valence-corrected chi connectivity index (χ0v) is 12.8. The number of rotatable bonds is 3. The van der Waals surface area contributed by atoms with Crippen molar-refractivity contribution in [1.29, 1.82) is 0 Å². The van der Waals surface area contributed by atoms with Crippen LogP contribution in [0.2, 0.25) is 0 Å². The predicted molar refractivity (Wildman–Crippen MR) is 78.5 cm³/mol. The Labute approximate surface area is 118 Å². The van der Waals surface area contributed by atoms with Crippen molar-refractivity contribution in [3.63, 3.8) is 0 Å². The predicted octanol–water partition coefficient (Wildman–Crippen LogP) is 2.81. The lowest BCUT2D eigenvalue weighted by atomic mass is 9.98. The highest BCUT2D eigenvalue weighted by Crippen LogP contribution is 2.18. The summed E-state index contributed by atoms with van der Waals surface area (Å²) in [6.45, 7) is 8.97. The fourth-order valence-corrected chi connectivity index (χ4v) is 2.91. The number of aromatic nitrogens is 1. The van der Waals surface area contributed by atoms with Crippen LogP contribution in [-0.2, 0) is 6.54 Å². The Morgan fingerprint density at radius 1 is 1.50 bits per heavy atom. The van der Waals surface area contributed by atoms with Gasteiger partial charge in [0, 0.05) is 35.5 Å². The van der Waals surface area contributed by atoms with Crippen molar-refractivity contribution in [2.45, 2.75) is 38.8 Å². The van der Waals surface area contributed by atoms with Crippen molar-refractivity contribution in [2.24, 2.45) is 0 Å². The van der Waals surface area contributed by atoms with Crippen LogP contribution in [0, 0.1) is 0 Å². The van der Waals surface area contributed by atoms with E-state index in [9.17, 15) is 0 Å². The van der Waals surface area contributed by atoms with Crippen molar-refractivity contribution >= 4 is 15.9 Å². The minimum absolute atomic E-state index is 0.246. The summed E-state index contributed by atoms with van der Waals surface area (Å²) < 4.78 is 1.06. The van der Waals surface area contributed by atoms with Crippen molar-refractivity contribution < 1.29 is 0 Å². The lowest BCUT2D eigenvalue weighted by Gasteiger charge is -2.32. The number of nitrogens with one attached hydrogen (secondary N) is 1. The number of pyridine rings is 1. The van der Waals surface area contributed by atoms with Crippen LogP contribution < -0.4 is 5.32 Å². The fourth-order valence-electron chi connectivity index (χ4n) is 2.49. The second kappa shape index (κ2) is 6.13. The third kappa shape index (κ3) is 3.77. The molecule has 0 bridgehead atoms. The van der Waals surface area contributed by atoms with Gasteiger partial charge in [0.25, 0.3) is 0 Å². The topological polar surface area (TPSA) is 28.2 Å². The second-order valence-corrected chi connectivity index (χ2v) is 6.33. The molecule has 1 aliphatic heterocycles. The molecule has 0 spiro atoms. The van der Waals surface area contributed by atoms with Crippen LogP contribution in [0.4, 0.5) is 0 Å². The zero-order valence-electron chi connectivity index (χ0n) is 11.2. The van der Waals surface area contributed by atoms with Crippen LogP contribution in [0.5, 0.6) is 0 Å². The summed E-state index contributed by atoms with van der Waals surface area (Å²) in [6.07, 6.45) is 6.19. The molecule has 2 rings (SSSR count). The molecule has 1 fully saturated rings. The molecule has 0 radical (unpaired) electrons. The van der Waals surface area contributed by atoms with Crippen LogP contribution in [0.3, 0.4) is 0 Å². The van der Waals surface area contributed by atoms with Gasteiger partial charge < -0.3 is 5.32 Å². The quantitative estimate of drug-likeness (QED) is 0.930. The van der Waals surface area contributed by atoms with E-state index < -0.39 is 0 Å². The molecule has 4 heteroatoms. The number of hydrogen-bond donors (Lipinski definition) is 1. The van der Waals surface area contributed by atoms with E-state index in [0.717, 1.165) is 30.7 Å². The summed E-state index contributed by atoms with van der Waals surface area (Å²) in [5.74, 6) is 0. The fraction of sp³-hybridized carbons (Fsp3) is 0.643. The van der Waals surface area contributed by atoms with E-state index in [1.165, 1.54) is 18.4 Å². The van der Waals surface area contributed by atoms with Gasteiger partial charge in [0.1, 0.15) is 0 Å². The average molecular weight is 312 g/mol. The van der Waals surface area contributed by atoms with Gasteiger partial charge in [0.15, 0.2) is 0 Å². The molecule has 1 aromatic rings. The average Bonchev–Trinajstić information content (AvgIpc) is 2.52. The van der Waals surface area contributed by atoms with Gasteiger partial charge in [-0.3, -0.25) is 9.88 Å². The molecule has 1 atom stereocenters. The molecule has 1 aliphatic rings. The van der Waals surface area contributed by atoms with Crippen LogP contribution in [0.15, 0.2) is 22.9 Å². The highest BCUT2D eigenvalue weighted by molar-refractivity contribution is 9.10. The smallest absolute Gasteiger partial charge is 0.0410 e. The highest BCUT2D eigenvalue weighted by Gasteiger charge is 2.26. The maximum absolute atomic E-state index is 4.24. The van der Waals surface area contributed by atoms with E-state index in [2.05, 4.69) is 51.0 Å². The molecular formula is C14H22BrN3. The van der Waals surface area contributed by atoms with Crippen LogP contribution in [0.1, 0.15) is 32.3 Å². The van der Waals surface area contributed by atoms with Gasteiger partial charge in [-0.25, -0.2) is 0 Å². The monoisotopic (exact) mass is 311 g/mol. The van der Waals surface area contributed by atoms with Gasteiger partial charge in [-0.1, -0.05) is 6.92 Å². The summed E-state index contributed by atoms with van der Waals surface area (Å²) in [5.41, 5.74) is 1.53. The highest BCUT2D eigenvalue weighted by atomic mass is 79.9. The van der Waals surface area contributed by atoms with Crippen molar-refractivity contribution in [2.75, 3.05) is 19.6 Å². The first-order chi connectivity index (χ1) is 8.61. The van der Waals surface area contributed by atoms with Gasteiger partial charge in [0.2, 0.25) is 0 Å². The Morgan fingerprint density at radius 3 is 3.06 bits per heavy atom. The maximum Gasteiger partial charge on any atom is 0.0410 e. The third-order valence-electron chi connectivity index (χ3n) is 3.72. The Morgan fingerprint density at radius 2 is 2.33 bits per heavy atom. The molecule has 0 aromatic carbocycles. The summed E-state index contributed by atoms with van der Waals surface area (Å²) >= 11 is 3.49. The second-order valence-electron chi connectivity index (χ2n) is 5.42. The van der Waals surface area contributed by atoms with Gasteiger partial charge >= 0.3 is 0 Å². The van der Waals surface area contributed by atoms with E-state index in [1.54, 1.807) is 0 Å². The third-order valence-corrected chi connectivity index (χ3v) is 4.16. The molecule has 1 saturated heterocycles. The Bertz CT molecular complexity index is 396. The normalized spacial score (nSPS) is 25.9. The molecule has 1 aromatic heterocycles. The summed E-state index contributed by atoms with van der Waals surface area (Å²) in [6, 6.07) is 2.16. The maximum atomic E-state index is 4.24. The largest absolute Gasteiger partial charge is 0.310 e. The standard InChI is InChI=1S/C14H22BrN3/c1-3-14(2)11-18(6-4-5-17-14)10-12-7-13(15)9-16-8-12/h7-9,17H,3-6,10-11H2,1-2H3. The van der Waals surface area contributed by atoms with E-state index in [1.807, 2.05) is 12.4 Å². The minimum Gasteiger partial charge on any atom is -0.310 e. The lowest BCUT2D eigenvalue weighted by Crippen LogP contribution is -2.48. The van der Waals surface area contributed by atoms with E-state index >= 15 is 0 Å². The molecule has 2 heterocycles. The number of hydrogen-bond acceptors (Lipinski definition) is 3. The van der Waals surface area contributed by atoms with Gasteiger partial charge in [-0.2, -0.15) is 0 Å². The van der Waals surface area contributed by atoms with Crippen LogP contribution >= 0.6 is 15.9 Å². The molecule has 1 unspecified atom stereocenters. The zero-order chi connectivity index (χ0) is 13.0.